The van der Waals surface area contributed by atoms with Gasteiger partial charge in [-0.05, 0) is 43.4 Å². The predicted octanol–water partition coefficient (Wildman–Crippen LogP) is 2.99. The Morgan fingerprint density at radius 2 is 1.97 bits per heavy atom. The normalized spacial score (nSPS) is 28.8. The Hall–Kier alpha value is -2.37. The summed E-state index contributed by atoms with van der Waals surface area (Å²) in [4.78, 5) is 41.4. The largest absolute Gasteiger partial charge is 0.378 e. The van der Waals surface area contributed by atoms with Crippen LogP contribution in [0.3, 0.4) is 0 Å². The molecule has 1 aliphatic heterocycles. The van der Waals surface area contributed by atoms with Crippen LogP contribution in [0.4, 0.5) is 11.9 Å². The molecule has 4 unspecified atom stereocenters. The highest BCUT2D eigenvalue weighted by molar-refractivity contribution is 5.93. The SMILES string of the molecule is CCCCC[C@H](CN(O)C=O)C(=O)C12C(NNc3nc(C)nc(N4CCOCC4)n3)C(C)CCC1C2(C)C. The van der Waals surface area contributed by atoms with Gasteiger partial charge in [-0.3, -0.25) is 20.2 Å². The number of hydroxylamine groups is 2. The first-order valence-electron chi connectivity index (χ1n) is 14.2. The van der Waals surface area contributed by atoms with E-state index in [0.717, 1.165) is 45.2 Å². The van der Waals surface area contributed by atoms with Crippen LogP contribution in [-0.2, 0) is 14.3 Å². The molecule has 3 aliphatic rings. The van der Waals surface area contributed by atoms with Crippen molar-refractivity contribution in [1.82, 2.24) is 25.4 Å². The highest BCUT2D eigenvalue weighted by Crippen LogP contribution is 2.76. The molecule has 2 heterocycles. The number of Topliss-reactive ketones (excluding diaryl/α,β-unsaturated/α-hetero) is 1. The monoisotopic (exact) mass is 531 g/mol. The summed E-state index contributed by atoms with van der Waals surface area (Å²) in [6, 6.07) is -0.148. The molecule has 4 rings (SSSR count). The predicted molar refractivity (Wildman–Crippen MR) is 143 cm³/mol. The fraction of sp³-hybridized carbons (Fsp3) is 0.815. The maximum absolute atomic E-state index is 14.4. The molecule has 11 heteroatoms. The van der Waals surface area contributed by atoms with Gasteiger partial charge in [0.2, 0.25) is 18.3 Å². The van der Waals surface area contributed by atoms with E-state index in [2.05, 4.69) is 58.4 Å². The highest BCUT2D eigenvalue weighted by atomic mass is 16.5. The number of unbranched alkanes of at least 4 members (excludes halogenated alkanes) is 2. The van der Waals surface area contributed by atoms with Crippen molar-refractivity contribution >= 4 is 24.1 Å². The lowest BCUT2D eigenvalue weighted by molar-refractivity contribution is -0.156. The molecular formula is C27H45N7O4. The van der Waals surface area contributed by atoms with Crippen LogP contribution in [0.15, 0.2) is 0 Å². The smallest absolute Gasteiger partial charge is 0.242 e. The van der Waals surface area contributed by atoms with Crippen molar-refractivity contribution in [3.63, 3.8) is 0 Å². The number of rotatable bonds is 13. The van der Waals surface area contributed by atoms with Crippen LogP contribution in [0, 0.1) is 35.5 Å². The number of nitrogens with zero attached hydrogens (tertiary/aromatic N) is 5. The maximum atomic E-state index is 14.4. The third-order valence-corrected chi connectivity index (χ3v) is 9.21. The van der Waals surface area contributed by atoms with E-state index in [0.29, 0.717) is 48.8 Å². The highest BCUT2D eigenvalue weighted by Gasteiger charge is 2.79. The quantitative estimate of drug-likeness (QED) is 0.151. The first-order valence-corrected chi connectivity index (χ1v) is 14.2. The van der Waals surface area contributed by atoms with Crippen molar-refractivity contribution in [2.45, 2.75) is 79.2 Å². The number of hydrogen-bond acceptors (Lipinski definition) is 10. The van der Waals surface area contributed by atoms with E-state index in [1.54, 1.807) is 0 Å². The summed E-state index contributed by atoms with van der Waals surface area (Å²) in [6.07, 6.45) is 6.00. The van der Waals surface area contributed by atoms with Gasteiger partial charge in [-0.25, -0.2) is 10.5 Å². The number of carbonyl (C=O) groups excluding carboxylic acids is 2. The fourth-order valence-electron chi connectivity index (χ4n) is 7.18. The Morgan fingerprint density at radius 1 is 1.24 bits per heavy atom. The van der Waals surface area contributed by atoms with Crippen molar-refractivity contribution in [2.75, 3.05) is 43.2 Å². The minimum absolute atomic E-state index is 0.0285. The third-order valence-electron chi connectivity index (χ3n) is 9.21. The van der Waals surface area contributed by atoms with Crippen LogP contribution in [0.25, 0.3) is 0 Å². The lowest BCUT2D eigenvalue weighted by Crippen LogP contribution is -2.54. The number of nitrogens with one attached hydrogen (secondary N) is 2. The molecule has 1 aromatic heterocycles. The van der Waals surface area contributed by atoms with Crippen molar-refractivity contribution < 1.29 is 19.5 Å². The molecule has 0 radical (unpaired) electrons. The van der Waals surface area contributed by atoms with E-state index in [9.17, 15) is 14.8 Å². The molecule has 212 valence electrons. The number of anilines is 2. The van der Waals surface area contributed by atoms with Gasteiger partial charge in [-0.15, -0.1) is 0 Å². The van der Waals surface area contributed by atoms with Gasteiger partial charge in [-0.1, -0.05) is 47.0 Å². The van der Waals surface area contributed by atoms with Gasteiger partial charge < -0.3 is 9.64 Å². The number of morpholine rings is 1. The Bertz CT molecular complexity index is 986. The van der Waals surface area contributed by atoms with Crippen molar-refractivity contribution in [3.8, 4) is 0 Å². The number of fused-ring (bicyclic) bond motifs is 1. The molecule has 1 saturated heterocycles. The van der Waals surface area contributed by atoms with Crippen molar-refractivity contribution in [3.05, 3.63) is 5.82 Å². The number of hydrazine groups is 1. The molecule has 0 aromatic carbocycles. The average molecular weight is 532 g/mol. The molecule has 11 nitrogen and oxygen atoms in total. The van der Waals surface area contributed by atoms with E-state index in [1.165, 1.54) is 0 Å². The lowest BCUT2D eigenvalue weighted by atomic mass is 9.70. The van der Waals surface area contributed by atoms with Crippen LogP contribution >= 0.6 is 0 Å². The summed E-state index contributed by atoms with van der Waals surface area (Å²) in [7, 11) is 0. The average Bonchev–Trinajstić information content (AvgIpc) is 3.42. The molecule has 5 atom stereocenters. The molecule has 38 heavy (non-hydrogen) atoms. The molecule has 3 fully saturated rings. The molecule has 2 aliphatic carbocycles. The van der Waals surface area contributed by atoms with Gasteiger partial charge in [-0.2, -0.15) is 15.0 Å². The zero-order valence-electron chi connectivity index (χ0n) is 23.6. The molecule has 3 N–H and O–H groups in total. The number of amides is 1. The summed E-state index contributed by atoms with van der Waals surface area (Å²) < 4.78 is 5.46. The molecular weight excluding hydrogens is 486 g/mol. The molecule has 1 aromatic rings. The summed E-state index contributed by atoms with van der Waals surface area (Å²) in [6.45, 7) is 13.3. The Balaban J connectivity index is 1.58. The summed E-state index contributed by atoms with van der Waals surface area (Å²) in [5.74, 6) is 1.86. The zero-order chi connectivity index (χ0) is 27.5. The van der Waals surface area contributed by atoms with Crippen molar-refractivity contribution in [1.29, 1.82) is 0 Å². The topological polar surface area (TPSA) is 133 Å². The second kappa shape index (κ2) is 11.8. The first kappa shape index (κ1) is 28.6. The second-order valence-electron chi connectivity index (χ2n) is 11.8. The molecule has 1 amide bonds. The Kier molecular flexibility index (Phi) is 8.89. The second-order valence-corrected chi connectivity index (χ2v) is 11.8. The van der Waals surface area contributed by atoms with Crippen LogP contribution in [0.1, 0.15) is 72.0 Å². The number of carbonyl (C=O) groups is 2. The number of ketones is 1. The lowest BCUT2D eigenvalue weighted by Gasteiger charge is -2.39. The third kappa shape index (κ3) is 5.37. The summed E-state index contributed by atoms with van der Waals surface area (Å²) >= 11 is 0. The van der Waals surface area contributed by atoms with Crippen LogP contribution in [-0.4, -0.2) is 76.3 Å². The van der Waals surface area contributed by atoms with Crippen LogP contribution in [0.5, 0.6) is 0 Å². The summed E-state index contributed by atoms with van der Waals surface area (Å²) in [5, 5.41) is 10.7. The fourth-order valence-corrected chi connectivity index (χ4v) is 7.18. The van der Waals surface area contributed by atoms with Gasteiger partial charge >= 0.3 is 0 Å². The molecule has 0 bridgehead atoms. The van der Waals surface area contributed by atoms with Crippen LogP contribution in [0.2, 0.25) is 0 Å². The van der Waals surface area contributed by atoms with E-state index in [1.807, 2.05) is 6.92 Å². The standard InChI is InChI=1S/C27H45N7O4/c1-6-7-8-9-20(16-34(37)17-35)23(36)27-21(26(27,4)5)11-10-18(2)22(27)31-32-24-28-19(3)29-25(30-24)33-12-14-38-15-13-33/h17-18,20-22,31,37H,6-16H2,1-5H3,(H,28,29,30,32)/t18?,20-,21?,22?,27?/m1/s1. The minimum Gasteiger partial charge on any atom is -0.378 e. The van der Waals surface area contributed by atoms with E-state index in [-0.39, 0.29) is 35.6 Å². The number of ether oxygens (including phenoxy) is 1. The van der Waals surface area contributed by atoms with Crippen LogP contribution < -0.4 is 15.8 Å². The Morgan fingerprint density at radius 3 is 2.66 bits per heavy atom. The van der Waals surface area contributed by atoms with E-state index >= 15 is 0 Å². The maximum Gasteiger partial charge on any atom is 0.242 e. The van der Waals surface area contributed by atoms with E-state index in [4.69, 9.17) is 4.74 Å². The number of aryl methyl sites for hydroxylation is 1. The van der Waals surface area contributed by atoms with Gasteiger partial charge in [0, 0.05) is 25.0 Å². The number of aromatic nitrogens is 3. The van der Waals surface area contributed by atoms with Gasteiger partial charge in [0.25, 0.3) is 0 Å². The van der Waals surface area contributed by atoms with Gasteiger partial charge in [0.15, 0.2) is 0 Å². The minimum atomic E-state index is -0.604. The first-order chi connectivity index (χ1) is 18.2. The Labute approximate surface area is 226 Å². The molecule has 0 spiro atoms. The van der Waals surface area contributed by atoms with Gasteiger partial charge in [0.1, 0.15) is 11.6 Å². The zero-order valence-corrected chi connectivity index (χ0v) is 23.6. The molecule has 2 saturated carbocycles. The van der Waals surface area contributed by atoms with E-state index < -0.39 is 11.3 Å². The number of hydrogen-bond donors (Lipinski definition) is 3. The summed E-state index contributed by atoms with van der Waals surface area (Å²) in [5.41, 5.74) is 5.93. The van der Waals surface area contributed by atoms with Gasteiger partial charge in [0.05, 0.1) is 25.2 Å². The van der Waals surface area contributed by atoms with Crippen molar-refractivity contribution in [2.24, 2.45) is 28.6 Å².